The van der Waals surface area contributed by atoms with Crippen LogP contribution < -0.4 is 0 Å². The van der Waals surface area contributed by atoms with Crippen LogP contribution in [0, 0.1) is 0 Å². The van der Waals surface area contributed by atoms with Crippen LogP contribution in [0.3, 0.4) is 0 Å². The molecule has 15 heavy (non-hydrogen) atoms. The van der Waals surface area contributed by atoms with E-state index in [0.717, 1.165) is 17.7 Å². The molecule has 0 aliphatic heterocycles. The Hall–Kier alpha value is -0.940. The van der Waals surface area contributed by atoms with Gasteiger partial charge in [-0.1, -0.05) is 18.5 Å². The predicted molar refractivity (Wildman–Crippen MR) is 58.9 cm³/mol. The Morgan fingerprint density at radius 3 is 3.13 bits per heavy atom. The molecule has 2 aromatic rings. The molecule has 0 bridgehead atoms. The molecule has 0 aliphatic carbocycles. The zero-order chi connectivity index (χ0) is 10.7. The minimum Gasteiger partial charge on any atom is -0.333 e. The number of alkyl halides is 1. The maximum Gasteiger partial charge on any atom is 0.269 e. The van der Waals surface area contributed by atoms with E-state index >= 15 is 0 Å². The van der Waals surface area contributed by atoms with Gasteiger partial charge in [0.05, 0.1) is 17.1 Å². The number of aromatic nitrogens is 3. The van der Waals surface area contributed by atoms with Gasteiger partial charge in [-0.25, -0.2) is 0 Å². The van der Waals surface area contributed by atoms with Gasteiger partial charge in [-0.05, 0) is 6.42 Å². The average molecular weight is 244 g/mol. The van der Waals surface area contributed by atoms with Crippen molar-refractivity contribution in [1.29, 1.82) is 0 Å². The maximum absolute atomic E-state index is 6.08. The minimum absolute atomic E-state index is 0.166. The van der Waals surface area contributed by atoms with E-state index in [9.17, 15) is 0 Å². The van der Waals surface area contributed by atoms with Crippen LogP contribution in [-0.2, 0) is 0 Å². The summed E-state index contributed by atoms with van der Waals surface area (Å²) in [5, 5.41) is 3.69. The lowest BCUT2D eigenvalue weighted by Gasteiger charge is -1.99. The third-order valence-electron chi connectivity index (χ3n) is 1.91. The SMILES string of the molecule is CCCC(Cl)c1noc(-c2cncs2)n1. The molecule has 0 radical (unpaired) electrons. The first kappa shape index (κ1) is 10.6. The van der Waals surface area contributed by atoms with Crippen molar-refractivity contribution in [1.82, 2.24) is 15.1 Å². The Morgan fingerprint density at radius 2 is 2.47 bits per heavy atom. The van der Waals surface area contributed by atoms with Crippen molar-refractivity contribution in [3.8, 4) is 10.8 Å². The lowest BCUT2D eigenvalue weighted by Crippen LogP contribution is -1.92. The monoisotopic (exact) mass is 243 g/mol. The number of nitrogens with zero attached hydrogens (tertiary/aromatic N) is 3. The molecule has 0 aromatic carbocycles. The van der Waals surface area contributed by atoms with Crippen molar-refractivity contribution in [2.24, 2.45) is 0 Å². The number of rotatable bonds is 4. The third-order valence-corrected chi connectivity index (χ3v) is 3.08. The average Bonchev–Trinajstić information content (AvgIpc) is 2.89. The molecule has 6 heteroatoms. The molecule has 2 aromatic heterocycles. The van der Waals surface area contributed by atoms with Crippen LogP contribution >= 0.6 is 22.9 Å². The molecule has 80 valence electrons. The zero-order valence-electron chi connectivity index (χ0n) is 8.18. The highest BCUT2D eigenvalue weighted by atomic mass is 35.5. The zero-order valence-corrected chi connectivity index (χ0v) is 9.75. The van der Waals surface area contributed by atoms with Gasteiger partial charge < -0.3 is 4.52 Å². The third kappa shape index (κ3) is 2.35. The lowest BCUT2D eigenvalue weighted by molar-refractivity contribution is 0.421. The number of thiazole rings is 1. The largest absolute Gasteiger partial charge is 0.333 e. The molecule has 0 aliphatic rings. The van der Waals surface area contributed by atoms with Crippen molar-refractivity contribution in [3.63, 3.8) is 0 Å². The second-order valence-corrected chi connectivity index (χ2v) is 4.49. The first-order chi connectivity index (χ1) is 7.31. The van der Waals surface area contributed by atoms with Gasteiger partial charge in [0, 0.05) is 0 Å². The van der Waals surface area contributed by atoms with E-state index in [0.29, 0.717) is 11.7 Å². The fourth-order valence-corrected chi connectivity index (χ4v) is 2.01. The van der Waals surface area contributed by atoms with Gasteiger partial charge in [0.25, 0.3) is 5.89 Å². The molecule has 0 fully saturated rings. The van der Waals surface area contributed by atoms with Gasteiger partial charge >= 0.3 is 0 Å². The normalized spacial score (nSPS) is 12.9. The van der Waals surface area contributed by atoms with E-state index in [1.165, 1.54) is 11.3 Å². The molecule has 2 rings (SSSR count). The fraction of sp³-hybridized carbons (Fsp3) is 0.444. The first-order valence-electron chi connectivity index (χ1n) is 4.67. The van der Waals surface area contributed by atoms with Gasteiger partial charge in [-0.15, -0.1) is 22.9 Å². The van der Waals surface area contributed by atoms with E-state index in [-0.39, 0.29) is 5.38 Å². The summed E-state index contributed by atoms with van der Waals surface area (Å²) in [5.74, 6) is 1.05. The van der Waals surface area contributed by atoms with E-state index in [2.05, 4.69) is 22.0 Å². The standard InChI is InChI=1S/C9H10ClN3OS/c1-2-3-6(10)8-12-9(14-13-8)7-4-11-5-15-7/h4-6H,2-3H2,1H3. The fourth-order valence-electron chi connectivity index (χ4n) is 1.17. The molecule has 0 saturated heterocycles. The van der Waals surface area contributed by atoms with Crippen molar-refractivity contribution < 1.29 is 4.52 Å². The molecule has 4 nitrogen and oxygen atoms in total. The van der Waals surface area contributed by atoms with Gasteiger partial charge in [0.2, 0.25) is 0 Å². The van der Waals surface area contributed by atoms with E-state index in [1.807, 2.05) is 0 Å². The smallest absolute Gasteiger partial charge is 0.269 e. The summed E-state index contributed by atoms with van der Waals surface area (Å²) >= 11 is 7.55. The second-order valence-electron chi connectivity index (χ2n) is 3.08. The van der Waals surface area contributed by atoms with E-state index in [1.54, 1.807) is 11.7 Å². The maximum atomic E-state index is 6.08. The summed E-state index contributed by atoms with van der Waals surface area (Å²) in [4.78, 5) is 9.05. The van der Waals surface area contributed by atoms with Crippen LogP contribution in [-0.4, -0.2) is 15.1 Å². The summed E-state index contributed by atoms with van der Waals surface area (Å²) in [6.45, 7) is 2.07. The molecule has 0 amide bonds. The van der Waals surface area contributed by atoms with Crippen molar-refractivity contribution in [2.45, 2.75) is 25.1 Å². The van der Waals surface area contributed by atoms with Crippen LogP contribution in [0.4, 0.5) is 0 Å². The summed E-state index contributed by atoms with van der Waals surface area (Å²) in [6, 6.07) is 0. The van der Waals surface area contributed by atoms with Crippen LogP contribution in [0.25, 0.3) is 10.8 Å². The van der Waals surface area contributed by atoms with Crippen LogP contribution in [0.2, 0.25) is 0 Å². The quantitative estimate of drug-likeness (QED) is 0.774. The highest BCUT2D eigenvalue weighted by molar-refractivity contribution is 7.13. The molecule has 1 unspecified atom stereocenters. The number of halogens is 1. The molecule has 2 heterocycles. The second kappa shape index (κ2) is 4.72. The topological polar surface area (TPSA) is 51.8 Å². The number of hydrogen-bond donors (Lipinski definition) is 0. The molecular weight excluding hydrogens is 234 g/mol. The van der Waals surface area contributed by atoms with Crippen molar-refractivity contribution >= 4 is 22.9 Å². The highest BCUT2D eigenvalue weighted by Gasteiger charge is 2.16. The highest BCUT2D eigenvalue weighted by Crippen LogP contribution is 2.27. The number of hydrogen-bond acceptors (Lipinski definition) is 5. The minimum atomic E-state index is -0.166. The molecule has 0 N–H and O–H groups in total. The molecule has 0 saturated carbocycles. The summed E-state index contributed by atoms with van der Waals surface area (Å²) in [6.07, 6.45) is 3.55. The Morgan fingerprint density at radius 1 is 1.60 bits per heavy atom. The Labute approximate surface area is 96.3 Å². The Bertz CT molecular complexity index is 415. The van der Waals surface area contributed by atoms with Gasteiger partial charge in [-0.3, -0.25) is 4.98 Å². The van der Waals surface area contributed by atoms with Gasteiger partial charge in [0.1, 0.15) is 4.88 Å². The summed E-state index contributed by atoms with van der Waals surface area (Å²) in [7, 11) is 0. The molecule has 1 atom stereocenters. The van der Waals surface area contributed by atoms with E-state index in [4.69, 9.17) is 16.1 Å². The van der Waals surface area contributed by atoms with Gasteiger partial charge in [0.15, 0.2) is 5.82 Å². The van der Waals surface area contributed by atoms with Crippen LogP contribution in [0.1, 0.15) is 31.0 Å². The Kier molecular flexibility index (Phi) is 3.33. The van der Waals surface area contributed by atoms with E-state index < -0.39 is 0 Å². The Balaban J connectivity index is 2.17. The first-order valence-corrected chi connectivity index (χ1v) is 5.99. The lowest BCUT2D eigenvalue weighted by atomic mass is 10.2. The molecular formula is C9H10ClN3OS. The van der Waals surface area contributed by atoms with Gasteiger partial charge in [-0.2, -0.15) is 4.98 Å². The van der Waals surface area contributed by atoms with Crippen LogP contribution in [0.15, 0.2) is 16.2 Å². The van der Waals surface area contributed by atoms with Crippen molar-refractivity contribution in [2.75, 3.05) is 0 Å². The summed E-state index contributed by atoms with van der Waals surface area (Å²) < 4.78 is 5.10. The van der Waals surface area contributed by atoms with Crippen LogP contribution in [0.5, 0.6) is 0 Å². The van der Waals surface area contributed by atoms with Crippen molar-refractivity contribution in [3.05, 3.63) is 17.5 Å². The summed E-state index contributed by atoms with van der Waals surface area (Å²) in [5.41, 5.74) is 1.73. The molecule has 0 spiro atoms. The predicted octanol–water partition coefficient (Wildman–Crippen LogP) is 3.27.